The van der Waals surface area contributed by atoms with E-state index in [0.717, 1.165) is 38.6 Å². The van der Waals surface area contributed by atoms with Gasteiger partial charge in [-0.15, -0.1) is 0 Å². The highest BCUT2D eigenvalue weighted by molar-refractivity contribution is 5.73. The van der Waals surface area contributed by atoms with Gasteiger partial charge in [0.05, 0.1) is 11.5 Å². The van der Waals surface area contributed by atoms with Gasteiger partial charge in [0.1, 0.15) is 0 Å². The molecule has 4 heteroatoms. The molecule has 3 atom stereocenters. The summed E-state index contributed by atoms with van der Waals surface area (Å²) in [6, 6.07) is 0.390. The molecular weight excluding hydrogens is 230 g/mol. The van der Waals surface area contributed by atoms with E-state index in [9.17, 15) is 15.0 Å². The van der Waals surface area contributed by atoms with Crippen LogP contribution < -0.4 is 0 Å². The van der Waals surface area contributed by atoms with Crippen LogP contribution in [0, 0.1) is 11.3 Å². The number of hydrogen-bond donors (Lipinski definition) is 2. The summed E-state index contributed by atoms with van der Waals surface area (Å²) in [7, 11) is 0. The van der Waals surface area contributed by atoms with E-state index in [2.05, 4.69) is 4.90 Å². The molecule has 104 valence electrons. The zero-order chi connectivity index (χ0) is 13.3. The second-order valence-electron chi connectivity index (χ2n) is 6.53. The molecule has 1 saturated heterocycles. The van der Waals surface area contributed by atoms with Gasteiger partial charge in [0.25, 0.3) is 0 Å². The first-order valence-electron chi connectivity index (χ1n) is 7.07. The molecule has 2 rings (SSSR count). The molecule has 0 aromatic carbocycles. The summed E-state index contributed by atoms with van der Waals surface area (Å²) in [6.45, 7) is 5.15. The number of rotatable bonds is 4. The fourth-order valence-electron chi connectivity index (χ4n) is 3.53. The lowest BCUT2D eigenvalue weighted by molar-refractivity contribution is -0.148. The van der Waals surface area contributed by atoms with Gasteiger partial charge >= 0.3 is 5.97 Å². The minimum atomic E-state index is -0.736. The third-order valence-corrected chi connectivity index (χ3v) is 4.62. The first-order valence-corrected chi connectivity index (χ1v) is 7.07. The van der Waals surface area contributed by atoms with Crippen LogP contribution in [0.2, 0.25) is 0 Å². The third kappa shape index (κ3) is 2.69. The molecule has 4 nitrogen and oxygen atoms in total. The highest BCUT2D eigenvalue weighted by Crippen LogP contribution is 2.37. The fourth-order valence-corrected chi connectivity index (χ4v) is 3.53. The molecule has 3 unspecified atom stereocenters. The summed E-state index contributed by atoms with van der Waals surface area (Å²) in [5.41, 5.74) is -0.702. The molecule has 1 saturated carbocycles. The number of likely N-dealkylation sites (tertiary alicyclic amines) is 1. The van der Waals surface area contributed by atoms with Crippen molar-refractivity contribution in [2.75, 3.05) is 13.1 Å². The van der Waals surface area contributed by atoms with E-state index >= 15 is 0 Å². The molecule has 0 aromatic rings. The van der Waals surface area contributed by atoms with Gasteiger partial charge < -0.3 is 10.2 Å². The van der Waals surface area contributed by atoms with Crippen molar-refractivity contribution in [1.29, 1.82) is 0 Å². The first kappa shape index (κ1) is 13.8. The second kappa shape index (κ2) is 5.17. The normalized spacial score (nSPS) is 34.1. The minimum Gasteiger partial charge on any atom is -0.481 e. The molecule has 18 heavy (non-hydrogen) atoms. The number of nitrogens with zero attached hydrogens (tertiary/aromatic N) is 1. The van der Waals surface area contributed by atoms with Crippen molar-refractivity contribution in [1.82, 2.24) is 4.90 Å². The molecule has 1 aliphatic carbocycles. The van der Waals surface area contributed by atoms with Gasteiger partial charge in [-0.05, 0) is 46.1 Å². The summed E-state index contributed by atoms with van der Waals surface area (Å²) >= 11 is 0. The number of aliphatic hydroxyl groups is 1. The largest absolute Gasteiger partial charge is 0.481 e. The van der Waals surface area contributed by atoms with Crippen molar-refractivity contribution in [3.63, 3.8) is 0 Å². The molecule has 0 radical (unpaired) electrons. The predicted octanol–water partition coefficient (Wildman–Crippen LogP) is 1.72. The monoisotopic (exact) mass is 255 g/mol. The van der Waals surface area contributed by atoms with Crippen molar-refractivity contribution in [2.45, 2.75) is 58.1 Å². The standard InChI is InChI=1S/C14H25NO3/c1-14(2,13(17)18)9-15-8-4-6-11(15)10-5-3-7-12(10)16/h10-12,16H,3-9H2,1-2H3,(H,17,18). The molecule has 2 fully saturated rings. The minimum absolute atomic E-state index is 0.177. The van der Waals surface area contributed by atoms with Gasteiger partial charge in [-0.2, -0.15) is 0 Å². The van der Waals surface area contributed by atoms with Gasteiger partial charge in [-0.1, -0.05) is 6.42 Å². The van der Waals surface area contributed by atoms with E-state index in [4.69, 9.17) is 0 Å². The number of aliphatic hydroxyl groups excluding tert-OH is 1. The van der Waals surface area contributed by atoms with E-state index in [1.54, 1.807) is 13.8 Å². The quantitative estimate of drug-likeness (QED) is 0.803. The first-order chi connectivity index (χ1) is 8.42. The number of carboxylic acids is 1. The van der Waals surface area contributed by atoms with Crippen LogP contribution in [-0.4, -0.2) is 46.3 Å². The van der Waals surface area contributed by atoms with E-state index < -0.39 is 11.4 Å². The van der Waals surface area contributed by atoms with Crippen molar-refractivity contribution >= 4 is 5.97 Å². The van der Waals surface area contributed by atoms with Crippen LogP contribution in [-0.2, 0) is 4.79 Å². The maximum absolute atomic E-state index is 11.2. The van der Waals surface area contributed by atoms with Crippen LogP contribution in [0.15, 0.2) is 0 Å². The molecule has 2 aliphatic rings. The number of hydrogen-bond acceptors (Lipinski definition) is 3. The summed E-state index contributed by atoms with van der Waals surface area (Å²) in [4.78, 5) is 13.5. The molecule has 0 spiro atoms. The van der Waals surface area contributed by atoms with Gasteiger partial charge in [-0.25, -0.2) is 0 Å². The average molecular weight is 255 g/mol. The highest BCUT2D eigenvalue weighted by Gasteiger charge is 2.41. The Hall–Kier alpha value is -0.610. The van der Waals surface area contributed by atoms with Crippen LogP contribution in [0.3, 0.4) is 0 Å². The topological polar surface area (TPSA) is 60.8 Å². The summed E-state index contributed by atoms with van der Waals surface area (Å²) in [6.07, 6.45) is 5.18. The molecule has 0 amide bonds. The molecule has 0 bridgehead atoms. The van der Waals surface area contributed by atoms with E-state index in [-0.39, 0.29) is 6.10 Å². The Bertz CT molecular complexity index is 316. The molecule has 0 aromatic heterocycles. The Morgan fingerprint density at radius 3 is 2.56 bits per heavy atom. The number of carbonyl (C=O) groups is 1. The van der Waals surface area contributed by atoms with Crippen molar-refractivity contribution in [3.05, 3.63) is 0 Å². The Morgan fingerprint density at radius 2 is 2.00 bits per heavy atom. The Kier molecular flexibility index (Phi) is 3.97. The van der Waals surface area contributed by atoms with E-state index in [1.165, 1.54) is 0 Å². The number of carboxylic acid groups (broad SMARTS) is 1. The van der Waals surface area contributed by atoms with Gasteiger partial charge in [0.15, 0.2) is 0 Å². The molecule has 1 aliphatic heterocycles. The Labute approximate surface area is 109 Å². The fraction of sp³-hybridized carbons (Fsp3) is 0.929. The molecule has 1 heterocycles. The van der Waals surface area contributed by atoms with Crippen LogP contribution in [0.1, 0.15) is 46.0 Å². The summed E-state index contributed by atoms with van der Waals surface area (Å²) in [5, 5.41) is 19.3. The third-order valence-electron chi connectivity index (χ3n) is 4.62. The van der Waals surface area contributed by atoms with E-state index in [0.29, 0.717) is 18.5 Å². The highest BCUT2D eigenvalue weighted by atomic mass is 16.4. The average Bonchev–Trinajstić information content (AvgIpc) is 2.86. The maximum atomic E-state index is 11.2. The molecular formula is C14H25NO3. The van der Waals surface area contributed by atoms with Gasteiger partial charge in [0, 0.05) is 18.5 Å². The van der Waals surface area contributed by atoms with Crippen LogP contribution in [0.5, 0.6) is 0 Å². The SMILES string of the molecule is CC(C)(CN1CCCC1C1CCCC1O)C(=O)O. The lowest BCUT2D eigenvalue weighted by Crippen LogP contribution is -2.45. The molecule has 2 N–H and O–H groups in total. The van der Waals surface area contributed by atoms with Crippen LogP contribution in [0.4, 0.5) is 0 Å². The Morgan fingerprint density at radius 1 is 1.28 bits per heavy atom. The van der Waals surface area contributed by atoms with Crippen molar-refractivity contribution in [3.8, 4) is 0 Å². The lowest BCUT2D eigenvalue weighted by Gasteiger charge is -2.35. The van der Waals surface area contributed by atoms with Crippen LogP contribution >= 0.6 is 0 Å². The van der Waals surface area contributed by atoms with Crippen molar-refractivity contribution in [2.24, 2.45) is 11.3 Å². The Balaban J connectivity index is 2.01. The van der Waals surface area contributed by atoms with Gasteiger partial charge in [-0.3, -0.25) is 9.69 Å². The number of aliphatic carboxylic acids is 1. The smallest absolute Gasteiger partial charge is 0.310 e. The van der Waals surface area contributed by atoms with E-state index in [1.807, 2.05) is 0 Å². The maximum Gasteiger partial charge on any atom is 0.310 e. The zero-order valence-corrected chi connectivity index (χ0v) is 11.4. The summed E-state index contributed by atoms with van der Waals surface area (Å²) < 4.78 is 0. The van der Waals surface area contributed by atoms with Crippen molar-refractivity contribution < 1.29 is 15.0 Å². The second-order valence-corrected chi connectivity index (χ2v) is 6.53. The van der Waals surface area contributed by atoms with Crippen LogP contribution in [0.25, 0.3) is 0 Å². The lowest BCUT2D eigenvalue weighted by atomic mass is 9.89. The predicted molar refractivity (Wildman–Crippen MR) is 69.4 cm³/mol. The van der Waals surface area contributed by atoms with Gasteiger partial charge in [0.2, 0.25) is 0 Å². The zero-order valence-electron chi connectivity index (χ0n) is 11.4. The summed E-state index contributed by atoms with van der Waals surface area (Å²) in [5.74, 6) is -0.378.